The van der Waals surface area contributed by atoms with Gasteiger partial charge >= 0.3 is 5.92 Å². The second-order valence-corrected chi connectivity index (χ2v) is 8.27. The van der Waals surface area contributed by atoms with Crippen LogP contribution in [0.25, 0.3) is 22.6 Å². The molecule has 10 heteroatoms. The molecule has 3 aromatic heterocycles. The number of alkyl halides is 2. The summed E-state index contributed by atoms with van der Waals surface area (Å²) in [6, 6.07) is 11.5. The van der Waals surface area contributed by atoms with Crippen molar-refractivity contribution in [1.82, 2.24) is 40.4 Å². The second-order valence-electron chi connectivity index (χ2n) is 8.27. The molecular formula is C24H28F2N8. The van der Waals surface area contributed by atoms with Gasteiger partial charge in [0.1, 0.15) is 5.82 Å². The topological polar surface area (TPSA) is 98.1 Å². The Labute approximate surface area is 196 Å². The van der Waals surface area contributed by atoms with Crippen LogP contribution in [0.1, 0.15) is 63.2 Å². The Balaban J connectivity index is 1.58. The van der Waals surface area contributed by atoms with E-state index in [9.17, 15) is 8.78 Å². The number of unbranched alkanes of at least 4 members (excludes halogenated alkanes) is 2. The minimum Gasteiger partial charge on any atom is -0.255 e. The van der Waals surface area contributed by atoms with Gasteiger partial charge in [0, 0.05) is 30.2 Å². The van der Waals surface area contributed by atoms with Crippen molar-refractivity contribution in [3.8, 4) is 22.6 Å². The van der Waals surface area contributed by atoms with E-state index in [1.54, 1.807) is 17.8 Å². The maximum atomic E-state index is 14.5. The summed E-state index contributed by atoms with van der Waals surface area (Å²) >= 11 is 0. The van der Waals surface area contributed by atoms with Gasteiger partial charge in [0.2, 0.25) is 5.82 Å². The van der Waals surface area contributed by atoms with E-state index in [0.717, 1.165) is 41.6 Å². The number of benzene rings is 1. The maximum absolute atomic E-state index is 14.5. The van der Waals surface area contributed by atoms with Crippen LogP contribution in [0.15, 0.2) is 42.6 Å². The lowest BCUT2D eigenvalue weighted by Crippen LogP contribution is -2.15. The smallest absolute Gasteiger partial charge is 0.255 e. The molecule has 0 unspecified atom stereocenters. The number of aryl methyl sites for hydroxylation is 1. The summed E-state index contributed by atoms with van der Waals surface area (Å²) in [6.07, 6.45) is 5.42. The molecule has 8 nitrogen and oxygen atoms in total. The highest BCUT2D eigenvalue weighted by Gasteiger charge is 2.36. The lowest BCUT2D eigenvalue weighted by molar-refractivity contribution is -0.0232. The fourth-order valence-corrected chi connectivity index (χ4v) is 3.84. The molecular weight excluding hydrogens is 438 g/mol. The van der Waals surface area contributed by atoms with Crippen LogP contribution in [-0.4, -0.2) is 40.4 Å². The number of hydrogen-bond acceptors (Lipinski definition) is 6. The fraction of sp³-hybridized carbons (Fsp3) is 0.417. The average Bonchev–Trinajstić information content (AvgIpc) is 3.51. The van der Waals surface area contributed by atoms with E-state index in [-0.39, 0.29) is 12.2 Å². The van der Waals surface area contributed by atoms with Crippen LogP contribution in [0.3, 0.4) is 0 Å². The predicted octanol–water partition coefficient (Wildman–Crippen LogP) is 5.19. The first-order chi connectivity index (χ1) is 16.5. The fourth-order valence-electron chi connectivity index (χ4n) is 3.84. The van der Waals surface area contributed by atoms with Crippen molar-refractivity contribution in [2.45, 2.75) is 64.8 Å². The van der Waals surface area contributed by atoms with Crippen molar-refractivity contribution in [3.63, 3.8) is 0 Å². The van der Waals surface area contributed by atoms with Gasteiger partial charge in [0.25, 0.3) is 0 Å². The number of rotatable bonds is 11. The number of halogens is 2. The number of aromatic nitrogens is 8. The summed E-state index contributed by atoms with van der Waals surface area (Å²) < 4.78 is 30.6. The van der Waals surface area contributed by atoms with Gasteiger partial charge in [-0.15, -0.1) is 10.2 Å². The van der Waals surface area contributed by atoms with Crippen molar-refractivity contribution in [2.75, 3.05) is 0 Å². The standard InChI is InChI=1S/C24H28F2N8/c1-3-5-6-9-20-28-23(24(25,26)14-4-2)31-34(20)16-17-10-12-18(13-11-17)21-19(8-7-15-27-21)22-29-32-33-30-22/h7-8,10-13,15H,3-6,9,14,16H2,1-2H3,(H,29,30,32,33). The summed E-state index contributed by atoms with van der Waals surface area (Å²) in [5, 5.41) is 18.3. The van der Waals surface area contributed by atoms with Crippen LogP contribution in [-0.2, 0) is 18.9 Å². The van der Waals surface area contributed by atoms with E-state index < -0.39 is 5.92 Å². The predicted molar refractivity (Wildman–Crippen MR) is 124 cm³/mol. The molecule has 1 aromatic carbocycles. The molecule has 0 atom stereocenters. The summed E-state index contributed by atoms with van der Waals surface area (Å²) in [6.45, 7) is 4.22. The molecule has 0 saturated carbocycles. The number of nitrogens with zero attached hydrogens (tertiary/aromatic N) is 7. The second kappa shape index (κ2) is 10.6. The third-order valence-electron chi connectivity index (χ3n) is 5.61. The normalized spacial score (nSPS) is 11.8. The molecule has 0 aliphatic carbocycles. The summed E-state index contributed by atoms with van der Waals surface area (Å²) in [7, 11) is 0. The molecule has 4 rings (SSSR count). The van der Waals surface area contributed by atoms with Crippen LogP contribution in [0.5, 0.6) is 0 Å². The summed E-state index contributed by atoms with van der Waals surface area (Å²) in [4.78, 5) is 8.74. The monoisotopic (exact) mass is 466 g/mol. The van der Waals surface area contributed by atoms with E-state index in [1.807, 2.05) is 36.4 Å². The lowest BCUT2D eigenvalue weighted by Gasteiger charge is -2.10. The lowest BCUT2D eigenvalue weighted by atomic mass is 10.0. The van der Waals surface area contributed by atoms with Crippen molar-refractivity contribution in [2.24, 2.45) is 0 Å². The molecule has 0 fully saturated rings. The first kappa shape index (κ1) is 23.6. The summed E-state index contributed by atoms with van der Waals surface area (Å²) in [5.41, 5.74) is 3.37. The van der Waals surface area contributed by atoms with Crippen molar-refractivity contribution >= 4 is 0 Å². The molecule has 0 saturated heterocycles. The third-order valence-corrected chi connectivity index (χ3v) is 5.61. The Morgan fingerprint density at radius 1 is 1.03 bits per heavy atom. The number of aromatic amines is 1. The Bertz CT molecular complexity index is 1190. The van der Waals surface area contributed by atoms with E-state index in [1.165, 1.54) is 0 Å². The van der Waals surface area contributed by atoms with Gasteiger partial charge in [-0.3, -0.25) is 4.98 Å². The minimum absolute atomic E-state index is 0.257. The van der Waals surface area contributed by atoms with Gasteiger partial charge in [-0.05, 0) is 41.0 Å². The number of nitrogens with one attached hydrogen (secondary N) is 1. The molecule has 34 heavy (non-hydrogen) atoms. The average molecular weight is 467 g/mol. The quantitative estimate of drug-likeness (QED) is 0.305. The highest BCUT2D eigenvalue weighted by atomic mass is 19.3. The van der Waals surface area contributed by atoms with Gasteiger partial charge in [0.15, 0.2) is 5.82 Å². The Morgan fingerprint density at radius 2 is 1.85 bits per heavy atom. The van der Waals surface area contributed by atoms with Gasteiger partial charge in [-0.2, -0.15) is 8.78 Å². The first-order valence-electron chi connectivity index (χ1n) is 11.6. The number of tetrazole rings is 1. The first-order valence-corrected chi connectivity index (χ1v) is 11.6. The van der Waals surface area contributed by atoms with Gasteiger partial charge in [-0.1, -0.05) is 51.0 Å². The van der Waals surface area contributed by atoms with Crippen molar-refractivity contribution in [3.05, 3.63) is 59.8 Å². The molecule has 0 bridgehead atoms. The summed E-state index contributed by atoms with van der Waals surface area (Å²) in [5.74, 6) is -2.26. The van der Waals surface area contributed by atoms with E-state index >= 15 is 0 Å². The van der Waals surface area contributed by atoms with E-state index in [2.05, 4.69) is 42.6 Å². The van der Waals surface area contributed by atoms with Crippen LogP contribution < -0.4 is 0 Å². The zero-order chi connectivity index (χ0) is 24.0. The molecule has 0 aliphatic rings. The van der Waals surface area contributed by atoms with Crippen LogP contribution >= 0.6 is 0 Å². The van der Waals surface area contributed by atoms with Gasteiger partial charge in [-0.25, -0.2) is 14.8 Å². The van der Waals surface area contributed by atoms with Gasteiger partial charge < -0.3 is 0 Å². The molecule has 178 valence electrons. The molecule has 0 aliphatic heterocycles. The Kier molecular flexibility index (Phi) is 7.34. The zero-order valence-corrected chi connectivity index (χ0v) is 19.4. The Morgan fingerprint density at radius 3 is 2.56 bits per heavy atom. The zero-order valence-electron chi connectivity index (χ0n) is 19.4. The molecule has 4 aromatic rings. The van der Waals surface area contributed by atoms with Crippen LogP contribution in [0.2, 0.25) is 0 Å². The molecule has 3 heterocycles. The van der Waals surface area contributed by atoms with E-state index in [4.69, 9.17) is 0 Å². The maximum Gasteiger partial charge on any atom is 0.308 e. The largest absolute Gasteiger partial charge is 0.308 e. The van der Waals surface area contributed by atoms with Crippen molar-refractivity contribution < 1.29 is 8.78 Å². The molecule has 0 spiro atoms. The Hall–Kier alpha value is -3.56. The highest BCUT2D eigenvalue weighted by molar-refractivity contribution is 5.76. The number of hydrogen-bond donors (Lipinski definition) is 1. The highest BCUT2D eigenvalue weighted by Crippen LogP contribution is 2.31. The number of H-pyrrole nitrogens is 1. The minimum atomic E-state index is -3.02. The molecule has 0 radical (unpaired) electrons. The number of pyridine rings is 1. The van der Waals surface area contributed by atoms with E-state index in [0.29, 0.717) is 31.0 Å². The SMILES string of the molecule is CCCCCc1nc(C(F)(F)CCC)nn1Cc1ccc(-c2ncccc2-c2nnn[nH]2)cc1. The van der Waals surface area contributed by atoms with Crippen LogP contribution in [0, 0.1) is 0 Å². The third kappa shape index (κ3) is 5.32. The molecule has 0 amide bonds. The van der Waals surface area contributed by atoms with Crippen LogP contribution in [0.4, 0.5) is 8.78 Å². The molecule has 1 N–H and O–H groups in total. The van der Waals surface area contributed by atoms with Crippen molar-refractivity contribution in [1.29, 1.82) is 0 Å². The van der Waals surface area contributed by atoms with Gasteiger partial charge in [0.05, 0.1) is 12.2 Å².